The largest absolute Gasteiger partial charge is 0.381 e. The highest BCUT2D eigenvalue weighted by Gasteiger charge is 2.16. The average Bonchev–Trinajstić information content (AvgIpc) is 2.61. The maximum Gasteiger partial charge on any atom is 0.269 e. The number of amides is 1. The van der Waals surface area contributed by atoms with Gasteiger partial charge in [-0.05, 0) is 48.6 Å². The molecule has 4 nitrogen and oxygen atoms in total. The average molecular weight is 328 g/mol. The molecule has 0 spiro atoms. The second-order valence-electron chi connectivity index (χ2n) is 6.09. The summed E-state index contributed by atoms with van der Waals surface area (Å²) in [6.07, 6.45) is 2.46. The van der Waals surface area contributed by atoms with Gasteiger partial charge in [0.05, 0.1) is 0 Å². The molecule has 0 bridgehead atoms. The number of nitrogens with one attached hydrogen (secondary N) is 1. The van der Waals surface area contributed by atoms with Crippen LogP contribution >= 0.6 is 0 Å². The molecule has 1 aliphatic heterocycles. The third-order valence-corrected chi connectivity index (χ3v) is 4.21. The second kappa shape index (κ2) is 8.02. The lowest BCUT2D eigenvalue weighted by molar-refractivity contribution is 0.0642. The molecule has 1 aliphatic rings. The Balaban J connectivity index is 1.60. The van der Waals surface area contributed by atoms with Crippen molar-refractivity contribution >= 4 is 5.91 Å². The van der Waals surface area contributed by atoms with Crippen molar-refractivity contribution in [1.82, 2.24) is 10.3 Å². The first kappa shape index (κ1) is 16.6. The van der Waals surface area contributed by atoms with Crippen LogP contribution in [-0.2, 0) is 11.2 Å². The first-order chi connectivity index (χ1) is 11.7. The molecule has 1 saturated heterocycles. The summed E-state index contributed by atoms with van der Waals surface area (Å²) in [4.78, 5) is 16.7. The highest BCUT2D eigenvalue weighted by atomic mass is 19.1. The van der Waals surface area contributed by atoms with E-state index in [1.807, 2.05) is 18.2 Å². The lowest BCUT2D eigenvalue weighted by Gasteiger charge is -2.22. The van der Waals surface area contributed by atoms with E-state index in [1.165, 1.54) is 12.1 Å². The molecule has 0 saturated carbocycles. The SMILES string of the molecule is O=C(NCC1CCOCC1)c1cccc(Cc2cccc(F)c2)n1. The Hall–Kier alpha value is -2.27. The number of carbonyl (C=O) groups is 1. The van der Waals surface area contributed by atoms with Gasteiger partial charge in [-0.3, -0.25) is 4.79 Å². The van der Waals surface area contributed by atoms with Gasteiger partial charge in [0.25, 0.3) is 5.91 Å². The molecule has 1 amide bonds. The third kappa shape index (κ3) is 4.61. The number of aromatic nitrogens is 1. The van der Waals surface area contributed by atoms with Crippen LogP contribution in [0, 0.1) is 11.7 Å². The normalized spacial score (nSPS) is 15.2. The fraction of sp³-hybridized carbons (Fsp3) is 0.368. The van der Waals surface area contributed by atoms with Crippen molar-refractivity contribution in [3.63, 3.8) is 0 Å². The minimum absolute atomic E-state index is 0.164. The summed E-state index contributed by atoms with van der Waals surface area (Å²) in [5.74, 6) is 0.0404. The Morgan fingerprint density at radius 3 is 2.79 bits per heavy atom. The number of rotatable bonds is 5. The molecule has 1 fully saturated rings. The first-order valence-electron chi connectivity index (χ1n) is 8.27. The summed E-state index contributed by atoms with van der Waals surface area (Å²) in [7, 11) is 0. The molecule has 2 heterocycles. The van der Waals surface area contributed by atoms with E-state index in [4.69, 9.17) is 4.74 Å². The molecular weight excluding hydrogens is 307 g/mol. The van der Waals surface area contributed by atoms with Crippen molar-refractivity contribution in [3.8, 4) is 0 Å². The van der Waals surface area contributed by atoms with Gasteiger partial charge < -0.3 is 10.1 Å². The van der Waals surface area contributed by atoms with Gasteiger partial charge >= 0.3 is 0 Å². The number of hydrogen-bond acceptors (Lipinski definition) is 3. The predicted molar refractivity (Wildman–Crippen MR) is 89.3 cm³/mol. The molecule has 24 heavy (non-hydrogen) atoms. The van der Waals surface area contributed by atoms with Crippen LogP contribution in [0.3, 0.4) is 0 Å². The molecule has 1 aromatic heterocycles. The molecule has 2 aromatic rings. The van der Waals surface area contributed by atoms with Crippen LogP contribution in [0.1, 0.15) is 34.6 Å². The van der Waals surface area contributed by atoms with Gasteiger partial charge in [0, 0.05) is 31.9 Å². The molecule has 1 N–H and O–H groups in total. The second-order valence-corrected chi connectivity index (χ2v) is 6.09. The topological polar surface area (TPSA) is 51.2 Å². The minimum Gasteiger partial charge on any atom is -0.381 e. The van der Waals surface area contributed by atoms with Crippen LogP contribution in [0.2, 0.25) is 0 Å². The van der Waals surface area contributed by atoms with Gasteiger partial charge in [0.15, 0.2) is 0 Å². The van der Waals surface area contributed by atoms with Crippen molar-refractivity contribution in [2.75, 3.05) is 19.8 Å². The fourth-order valence-corrected chi connectivity index (χ4v) is 2.84. The first-order valence-corrected chi connectivity index (χ1v) is 8.27. The zero-order valence-corrected chi connectivity index (χ0v) is 13.5. The van der Waals surface area contributed by atoms with E-state index in [0.717, 1.165) is 37.3 Å². The van der Waals surface area contributed by atoms with Gasteiger partial charge in [-0.25, -0.2) is 9.37 Å². The molecule has 5 heteroatoms. The van der Waals surface area contributed by atoms with Gasteiger partial charge in [-0.1, -0.05) is 18.2 Å². The molecule has 3 rings (SSSR count). The van der Waals surface area contributed by atoms with Crippen LogP contribution in [0.15, 0.2) is 42.5 Å². The van der Waals surface area contributed by atoms with E-state index in [0.29, 0.717) is 24.6 Å². The van der Waals surface area contributed by atoms with E-state index in [-0.39, 0.29) is 11.7 Å². The molecule has 0 unspecified atom stereocenters. The number of carbonyl (C=O) groups excluding carboxylic acids is 1. The van der Waals surface area contributed by atoms with E-state index in [2.05, 4.69) is 10.3 Å². The molecular formula is C19H21FN2O2. The van der Waals surface area contributed by atoms with Gasteiger partial charge in [0.2, 0.25) is 0 Å². The van der Waals surface area contributed by atoms with E-state index in [1.54, 1.807) is 12.1 Å². The van der Waals surface area contributed by atoms with Gasteiger partial charge in [0.1, 0.15) is 11.5 Å². The van der Waals surface area contributed by atoms with E-state index >= 15 is 0 Å². The van der Waals surface area contributed by atoms with Crippen LogP contribution in [0.5, 0.6) is 0 Å². The number of nitrogens with zero attached hydrogens (tertiary/aromatic N) is 1. The van der Waals surface area contributed by atoms with Gasteiger partial charge in [-0.15, -0.1) is 0 Å². The van der Waals surface area contributed by atoms with Crippen molar-refractivity contribution < 1.29 is 13.9 Å². The van der Waals surface area contributed by atoms with Gasteiger partial charge in [-0.2, -0.15) is 0 Å². The highest BCUT2D eigenvalue weighted by Crippen LogP contribution is 2.14. The number of benzene rings is 1. The Labute approximate surface area is 141 Å². The minimum atomic E-state index is -0.266. The summed E-state index contributed by atoms with van der Waals surface area (Å²) in [5.41, 5.74) is 1.98. The Morgan fingerprint density at radius 2 is 2.00 bits per heavy atom. The highest BCUT2D eigenvalue weighted by molar-refractivity contribution is 5.92. The Bertz CT molecular complexity index is 699. The maximum absolute atomic E-state index is 13.3. The molecule has 0 atom stereocenters. The standard InChI is InChI=1S/C19H21FN2O2/c20-16-4-1-3-15(11-16)12-17-5-2-6-18(22-17)19(23)21-13-14-7-9-24-10-8-14/h1-6,11,14H,7-10,12-13H2,(H,21,23). The summed E-state index contributed by atoms with van der Waals surface area (Å²) < 4.78 is 18.6. The summed E-state index contributed by atoms with van der Waals surface area (Å²) in [5, 5.41) is 2.95. The number of hydrogen-bond donors (Lipinski definition) is 1. The number of pyridine rings is 1. The zero-order chi connectivity index (χ0) is 16.8. The monoisotopic (exact) mass is 328 g/mol. The fourth-order valence-electron chi connectivity index (χ4n) is 2.84. The lowest BCUT2D eigenvalue weighted by Crippen LogP contribution is -2.32. The van der Waals surface area contributed by atoms with Crippen molar-refractivity contribution in [1.29, 1.82) is 0 Å². The van der Waals surface area contributed by atoms with Crippen LogP contribution < -0.4 is 5.32 Å². The van der Waals surface area contributed by atoms with Crippen molar-refractivity contribution in [2.45, 2.75) is 19.3 Å². The van der Waals surface area contributed by atoms with Crippen molar-refractivity contribution in [3.05, 3.63) is 65.2 Å². The number of ether oxygens (including phenoxy) is 1. The summed E-state index contributed by atoms with van der Waals surface area (Å²) in [6.45, 7) is 2.18. The summed E-state index contributed by atoms with van der Waals surface area (Å²) in [6, 6.07) is 11.8. The molecule has 1 aromatic carbocycles. The van der Waals surface area contributed by atoms with Crippen LogP contribution in [-0.4, -0.2) is 30.6 Å². The van der Waals surface area contributed by atoms with Crippen LogP contribution in [0.4, 0.5) is 4.39 Å². The quantitative estimate of drug-likeness (QED) is 0.918. The maximum atomic E-state index is 13.3. The molecule has 126 valence electrons. The van der Waals surface area contributed by atoms with Crippen LogP contribution in [0.25, 0.3) is 0 Å². The van der Waals surface area contributed by atoms with E-state index in [9.17, 15) is 9.18 Å². The summed E-state index contributed by atoms with van der Waals surface area (Å²) >= 11 is 0. The molecule has 0 radical (unpaired) electrons. The predicted octanol–water partition coefficient (Wildman–Crippen LogP) is 2.97. The van der Waals surface area contributed by atoms with E-state index < -0.39 is 0 Å². The van der Waals surface area contributed by atoms with Crippen molar-refractivity contribution in [2.24, 2.45) is 5.92 Å². The number of halogens is 1. The lowest BCUT2D eigenvalue weighted by atomic mass is 10.0. The Kier molecular flexibility index (Phi) is 5.54. The molecule has 0 aliphatic carbocycles. The zero-order valence-electron chi connectivity index (χ0n) is 13.5. The third-order valence-electron chi connectivity index (χ3n) is 4.21. The smallest absolute Gasteiger partial charge is 0.269 e. The Morgan fingerprint density at radius 1 is 1.21 bits per heavy atom.